The lowest BCUT2D eigenvalue weighted by Crippen LogP contribution is -2.47. The molecule has 0 aromatic heterocycles. The maximum atomic E-state index is 10.8. The van der Waals surface area contributed by atoms with Gasteiger partial charge in [-0.2, -0.15) is 10.5 Å². The second-order valence-corrected chi connectivity index (χ2v) is 8.64. The van der Waals surface area contributed by atoms with Crippen LogP contribution in [0.4, 0.5) is 0 Å². The van der Waals surface area contributed by atoms with Crippen molar-refractivity contribution in [2.45, 2.75) is 30.3 Å². The van der Waals surface area contributed by atoms with E-state index < -0.39 is 10.8 Å². The number of nitrogens with zero attached hydrogens (tertiary/aromatic N) is 3. The smallest absolute Gasteiger partial charge is 0.178 e. The number of hydrogen-bond donors (Lipinski definition) is 0. The first-order valence-corrected chi connectivity index (χ1v) is 10.6. The zero-order valence-corrected chi connectivity index (χ0v) is 16.6. The molecule has 0 radical (unpaired) electrons. The van der Waals surface area contributed by atoms with Crippen LogP contribution in [0.25, 0.3) is 11.1 Å². The molecule has 0 amide bonds. The lowest BCUT2D eigenvalue weighted by molar-refractivity contribution is 0.221. The molecule has 2 saturated heterocycles. The fraction of sp³-hybridized carbons (Fsp3) is 0.259. The average molecular weight is 387 g/mol. The number of fused-ring (bicyclic) bond motifs is 7. The van der Waals surface area contributed by atoms with Gasteiger partial charge in [0.15, 0.2) is 5.41 Å². The number of rotatable bonds is 1. The average Bonchev–Trinajstić information content (AvgIpc) is 3.46. The van der Waals surface area contributed by atoms with E-state index in [0.717, 1.165) is 36.1 Å². The lowest BCUT2D eigenvalue weighted by Gasteiger charge is -2.40. The molecule has 2 heterocycles. The van der Waals surface area contributed by atoms with Crippen LogP contribution in [0.5, 0.6) is 0 Å². The summed E-state index contributed by atoms with van der Waals surface area (Å²) in [5.41, 5.74) is 3.83. The molecule has 3 aromatic rings. The number of hydrogen-bond acceptors (Lipinski definition) is 3. The van der Waals surface area contributed by atoms with Gasteiger partial charge >= 0.3 is 0 Å². The van der Waals surface area contributed by atoms with Crippen LogP contribution in [0.3, 0.4) is 0 Å². The topological polar surface area (TPSA) is 50.8 Å². The van der Waals surface area contributed by atoms with Crippen LogP contribution in [0.1, 0.15) is 35.6 Å². The monoisotopic (exact) mass is 387 g/mol. The molecule has 0 N–H and O–H groups in total. The SMILES string of the molecule is N#CC1(C#N)[C@@H](c2ccccc2)N2CCC[C@@H]2C12c1ccccc1-c1ccccc12. The highest BCUT2D eigenvalue weighted by Crippen LogP contribution is 2.70. The van der Waals surface area contributed by atoms with Crippen molar-refractivity contribution in [2.24, 2.45) is 5.41 Å². The summed E-state index contributed by atoms with van der Waals surface area (Å²) in [6.45, 7) is 0.918. The van der Waals surface area contributed by atoms with Crippen LogP contribution in [-0.4, -0.2) is 17.5 Å². The molecule has 144 valence electrons. The number of nitriles is 2. The standard InChI is InChI=1S/C27H21N3/c28-17-26(18-29)25(19-9-2-1-3-10-19)30-16-8-15-24(30)27(26)22-13-6-4-11-20(22)21-12-5-7-14-23(21)27/h1-7,9-14,24-25H,8,15-16H2/t24-,25-/m1/s1. The molecule has 2 aliphatic heterocycles. The third kappa shape index (κ3) is 1.79. The summed E-state index contributed by atoms with van der Waals surface area (Å²) >= 11 is 0. The normalized spacial score (nSPS) is 24.6. The van der Waals surface area contributed by atoms with E-state index >= 15 is 0 Å². The Bertz CT molecular complexity index is 1170. The van der Waals surface area contributed by atoms with E-state index in [-0.39, 0.29) is 12.1 Å². The van der Waals surface area contributed by atoms with E-state index in [1.54, 1.807) is 0 Å². The van der Waals surface area contributed by atoms with Crippen molar-refractivity contribution in [1.82, 2.24) is 4.90 Å². The predicted molar refractivity (Wildman–Crippen MR) is 115 cm³/mol. The predicted octanol–water partition coefficient (Wildman–Crippen LogP) is 5.21. The van der Waals surface area contributed by atoms with E-state index in [1.807, 2.05) is 18.2 Å². The van der Waals surface area contributed by atoms with Crippen LogP contribution < -0.4 is 0 Å². The summed E-state index contributed by atoms with van der Waals surface area (Å²) in [4.78, 5) is 2.46. The zero-order valence-electron chi connectivity index (χ0n) is 16.6. The first kappa shape index (κ1) is 17.5. The molecule has 3 aromatic carbocycles. The van der Waals surface area contributed by atoms with E-state index in [0.29, 0.717) is 0 Å². The molecule has 3 nitrogen and oxygen atoms in total. The van der Waals surface area contributed by atoms with Crippen LogP contribution in [0.2, 0.25) is 0 Å². The van der Waals surface area contributed by atoms with Crippen molar-refractivity contribution in [2.75, 3.05) is 6.54 Å². The Morgan fingerprint density at radius 2 is 1.33 bits per heavy atom. The van der Waals surface area contributed by atoms with Gasteiger partial charge < -0.3 is 0 Å². The lowest BCUT2D eigenvalue weighted by atomic mass is 9.55. The largest absolute Gasteiger partial charge is 0.289 e. The molecule has 3 aliphatic rings. The van der Waals surface area contributed by atoms with E-state index in [9.17, 15) is 10.5 Å². The summed E-state index contributed by atoms with van der Waals surface area (Å²) in [6.07, 6.45) is 2.09. The van der Waals surface area contributed by atoms with Gasteiger partial charge in [0.05, 0.1) is 23.6 Å². The highest BCUT2D eigenvalue weighted by atomic mass is 15.3. The van der Waals surface area contributed by atoms with Crippen LogP contribution in [0.15, 0.2) is 78.9 Å². The Hall–Kier alpha value is -3.40. The van der Waals surface area contributed by atoms with Gasteiger partial charge in [0.25, 0.3) is 0 Å². The fourth-order valence-electron chi connectivity index (χ4n) is 6.74. The molecule has 30 heavy (non-hydrogen) atoms. The maximum absolute atomic E-state index is 10.8. The minimum absolute atomic E-state index is 0.131. The van der Waals surface area contributed by atoms with Gasteiger partial charge in [0.1, 0.15) is 0 Å². The quantitative estimate of drug-likeness (QED) is 0.576. The van der Waals surface area contributed by atoms with Crippen molar-refractivity contribution in [1.29, 1.82) is 10.5 Å². The first-order valence-electron chi connectivity index (χ1n) is 10.6. The zero-order chi connectivity index (χ0) is 20.3. The van der Waals surface area contributed by atoms with Gasteiger partial charge in [-0.05, 0) is 47.2 Å². The van der Waals surface area contributed by atoms with Crippen LogP contribution >= 0.6 is 0 Å². The van der Waals surface area contributed by atoms with Gasteiger partial charge in [-0.25, -0.2) is 0 Å². The van der Waals surface area contributed by atoms with Crippen LogP contribution in [0, 0.1) is 28.1 Å². The summed E-state index contributed by atoms with van der Waals surface area (Å²) in [5, 5.41) is 21.6. The van der Waals surface area contributed by atoms with Crippen molar-refractivity contribution < 1.29 is 0 Å². The van der Waals surface area contributed by atoms with E-state index in [1.165, 1.54) is 11.1 Å². The number of benzene rings is 3. The van der Waals surface area contributed by atoms with Crippen molar-refractivity contribution >= 4 is 0 Å². The van der Waals surface area contributed by atoms with Crippen molar-refractivity contribution in [3.8, 4) is 23.3 Å². The Balaban J connectivity index is 1.76. The van der Waals surface area contributed by atoms with Gasteiger partial charge in [0, 0.05) is 6.04 Å². The molecule has 2 atom stereocenters. The molecule has 1 aliphatic carbocycles. The Morgan fingerprint density at radius 1 is 0.767 bits per heavy atom. The minimum Gasteiger partial charge on any atom is -0.289 e. The minimum atomic E-state index is -1.21. The Labute approximate surface area is 176 Å². The second-order valence-electron chi connectivity index (χ2n) is 8.64. The molecule has 0 saturated carbocycles. The van der Waals surface area contributed by atoms with Crippen molar-refractivity contribution in [3.05, 3.63) is 95.6 Å². The van der Waals surface area contributed by atoms with E-state index in [4.69, 9.17) is 0 Å². The third-order valence-corrected chi connectivity index (χ3v) is 7.62. The van der Waals surface area contributed by atoms with Crippen LogP contribution in [-0.2, 0) is 5.41 Å². The summed E-state index contributed by atoms with van der Waals surface area (Å²) in [5.74, 6) is 0. The summed E-state index contributed by atoms with van der Waals surface area (Å²) in [6, 6.07) is 32.1. The maximum Gasteiger partial charge on any atom is 0.178 e. The van der Waals surface area contributed by atoms with E-state index in [2.05, 4.69) is 77.7 Å². The first-order chi connectivity index (χ1) is 14.8. The van der Waals surface area contributed by atoms with Gasteiger partial charge in [0.2, 0.25) is 0 Å². The molecule has 3 heteroatoms. The second kappa shape index (κ2) is 6.05. The molecule has 0 unspecified atom stereocenters. The fourth-order valence-corrected chi connectivity index (χ4v) is 6.74. The highest BCUT2D eigenvalue weighted by molar-refractivity contribution is 5.84. The van der Waals surface area contributed by atoms with Gasteiger partial charge in [-0.1, -0.05) is 78.9 Å². The Kier molecular flexibility index (Phi) is 3.52. The molecular formula is C27H21N3. The third-order valence-electron chi connectivity index (χ3n) is 7.62. The molecule has 1 spiro atoms. The molecular weight excluding hydrogens is 366 g/mol. The molecule has 2 fully saturated rings. The van der Waals surface area contributed by atoms with Crippen molar-refractivity contribution in [3.63, 3.8) is 0 Å². The molecule has 0 bridgehead atoms. The highest BCUT2D eigenvalue weighted by Gasteiger charge is 2.74. The van der Waals surface area contributed by atoms with Gasteiger partial charge in [-0.15, -0.1) is 0 Å². The summed E-state index contributed by atoms with van der Waals surface area (Å²) in [7, 11) is 0. The van der Waals surface area contributed by atoms with Gasteiger partial charge in [-0.3, -0.25) is 4.90 Å². The molecule has 6 rings (SSSR count). The summed E-state index contributed by atoms with van der Waals surface area (Å²) < 4.78 is 0. The Morgan fingerprint density at radius 3 is 1.93 bits per heavy atom.